The maximum atomic E-state index is 12.8. The number of hydrogen-bond acceptors (Lipinski definition) is 5. The molecule has 0 saturated carbocycles. The van der Waals surface area contributed by atoms with Crippen molar-refractivity contribution in [1.29, 1.82) is 0 Å². The predicted molar refractivity (Wildman–Crippen MR) is 104 cm³/mol. The molecule has 0 aliphatic heterocycles. The van der Waals surface area contributed by atoms with Crippen LogP contribution in [0.25, 0.3) is 17.0 Å². The Bertz CT molecular complexity index is 981. The fraction of sp³-hybridized carbons (Fsp3) is 0.263. The van der Waals surface area contributed by atoms with E-state index in [1.165, 1.54) is 9.80 Å². The number of pyridine rings is 1. The Balaban J connectivity index is 1.97. The quantitative estimate of drug-likeness (QED) is 0.742. The standard InChI is InChI=1S/C19H22N6O2/c1-20-15-10-14(19(27)24(4)12-16(26)23(2)3)11-25-18(15)21-17(22-25)13-8-6-5-7-9-13/h5-11,20H,12H2,1-4H3. The van der Waals surface area contributed by atoms with Crippen LogP contribution in [0.4, 0.5) is 5.69 Å². The van der Waals surface area contributed by atoms with Crippen LogP contribution in [0.3, 0.4) is 0 Å². The summed E-state index contributed by atoms with van der Waals surface area (Å²) < 4.78 is 1.59. The molecule has 0 unspecified atom stereocenters. The van der Waals surface area contributed by atoms with Crippen LogP contribution in [0.15, 0.2) is 42.6 Å². The molecule has 0 aliphatic rings. The van der Waals surface area contributed by atoms with Crippen molar-refractivity contribution in [1.82, 2.24) is 24.4 Å². The fourth-order valence-electron chi connectivity index (χ4n) is 2.63. The van der Waals surface area contributed by atoms with E-state index in [0.29, 0.717) is 22.7 Å². The van der Waals surface area contributed by atoms with Gasteiger partial charge in [0.15, 0.2) is 11.5 Å². The van der Waals surface area contributed by atoms with Crippen molar-refractivity contribution < 1.29 is 9.59 Å². The van der Waals surface area contributed by atoms with Crippen molar-refractivity contribution in [3.05, 3.63) is 48.2 Å². The van der Waals surface area contributed by atoms with Crippen molar-refractivity contribution in [3.8, 4) is 11.4 Å². The van der Waals surface area contributed by atoms with Gasteiger partial charge >= 0.3 is 0 Å². The number of aromatic nitrogens is 3. The molecule has 8 nitrogen and oxygen atoms in total. The molecule has 0 spiro atoms. The number of nitrogens with zero attached hydrogens (tertiary/aromatic N) is 5. The molecule has 1 aromatic carbocycles. The second-order valence-electron chi connectivity index (χ2n) is 6.41. The minimum atomic E-state index is -0.264. The summed E-state index contributed by atoms with van der Waals surface area (Å²) in [4.78, 5) is 32.0. The third kappa shape index (κ3) is 3.74. The molecule has 1 N–H and O–H groups in total. The van der Waals surface area contributed by atoms with Crippen LogP contribution in [-0.4, -0.2) is 70.9 Å². The number of fused-ring (bicyclic) bond motifs is 1. The van der Waals surface area contributed by atoms with Gasteiger partial charge in [-0.15, -0.1) is 5.10 Å². The molecular formula is C19H22N6O2. The van der Waals surface area contributed by atoms with E-state index in [1.54, 1.807) is 45.0 Å². The van der Waals surface area contributed by atoms with Crippen LogP contribution in [0.2, 0.25) is 0 Å². The summed E-state index contributed by atoms with van der Waals surface area (Å²) in [5.41, 5.74) is 2.62. The van der Waals surface area contributed by atoms with Crippen LogP contribution in [0, 0.1) is 0 Å². The third-order valence-electron chi connectivity index (χ3n) is 4.20. The van der Waals surface area contributed by atoms with Gasteiger partial charge in [-0.3, -0.25) is 9.59 Å². The van der Waals surface area contributed by atoms with Gasteiger partial charge in [-0.25, -0.2) is 9.50 Å². The summed E-state index contributed by atoms with van der Waals surface area (Å²) in [5.74, 6) is 0.168. The second-order valence-corrected chi connectivity index (χ2v) is 6.41. The van der Waals surface area contributed by atoms with Crippen LogP contribution >= 0.6 is 0 Å². The number of hydrogen-bond donors (Lipinski definition) is 1. The average Bonchev–Trinajstić information content (AvgIpc) is 3.11. The molecule has 2 heterocycles. The first-order valence-corrected chi connectivity index (χ1v) is 8.50. The van der Waals surface area contributed by atoms with Crippen molar-refractivity contribution in [2.45, 2.75) is 0 Å². The molecule has 3 aromatic rings. The van der Waals surface area contributed by atoms with E-state index in [9.17, 15) is 9.59 Å². The Kier molecular flexibility index (Phi) is 5.07. The van der Waals surface area contributed by atoms with Gasteiger partial charge in [0.25, 0.3) is 5.91 Å². The topological polar surface area (TPSA) is 82.8 Å². The van der Waals surface area contributed by atoms with Gasteiger partial charge in [-0.1, -0.05) is 30.3 Å². The number of likely N-dealkylation sites (N-methyl/N-ethyl adjacent to an activating group) is 2. The van der Waals surface area contributed by atoms with Gasteiger partial charge in [-0.05, 0) is 6.07 Å². The molecule has 3 rings (SSSR count). The van der Waals surface area contributed by atoms with Crippen LogP contribution in [0.5, 0.6) is 0 Å². The Morgan fingerprint density at radius 1 is 1.15 bits per heavy atom. The summed E-state index contributed by atoms with van der Waals surface area (Å²) in [6, 6.07) is 11.4. The molecule has 0 saturated heterocycles. The zero-order valence-corrected chi connectivity index (χ0v) is 15.8. The summed E-state index contributed by atoms with van der Waals surface area (Å²) in [7, 11) is 6.68. The first-order valence-electron chi connectivity index (χ1n) is 8.50. The molecule has 2 aromatic heterocycles. The number of anilines is 1. The number of rotatable bonds is 5. The molecule has 0 radical (unpaired) electrons. The van der Waals surface area contributed by atoms with E-state index in [2.05, 4.69) is 15.4 Å². The van der Waals surface area contributed by atoms with Crippen molar-refractivity contribution in [2.75, 3.05) is 40.1 Å². The molecule has 8 heteroatoms. The smallest absolute Gasteiger partial charge is 0.255 e. The first kappa shape index (κ1) is 18.4. The Labute approximate surface area is 157 Å². The van der Waals surface area contributed by atoms with E-state index >= 15 is 0 Å². The highest BCUT2D eigenvalue weighted by molar-refractivity contribution is 5.97. The zero-order valence-electron chi connectivity index (χ0n) is 15.8. The van der Waals surface area contributed by atoms with E-state index in [-0.39, 0.29) is 18.4 Å². The van der Waals surface area contributed by atoms with Gasteiger partial charge < -0.3 is 15.1 Å². The number of carbonyl (C=O) groups is 2. The third-order valence-corrected chi connectivity index (χ3v) is 4.20. The first-order chi connectivity index (χ1) is 12.9. The highest BCUT2D eigenvalue weighted by atomic mass is 16.2. The minimum absolute atomic E-state index is 0.00534. The largest absolute Gasteiger partial charge is 0.385 e. The molecular weight excluding hydrogens is 344 g/mol. The number of carbonyl (C=O) groups excluding carboxylic acids is 2. The van der Waals surface area contributed by atoms with Gasteiger partial charge in [0.05, 0.1) is 17.8 Å². The van der Waals surface area contributed by atoms with E-state index in [1.807, 2.05) is 30.3 Å². The molecule has 140 valence electrons. The second kappa shape index (κ2) is 7.45. The highest BCUT2D eigenvalue weighted by Gasteiger charge is 2.19. The molecule has 0 aliphatic carbocycles. The summed E-state index contributed by atoms with van der Waals surface area (Å²) in [6.07, 6.45) is 1.63. The average molecular weight is 366 g/mol. The SMILES string of the molecule is CNc1cc(C(=O)N(C)CC(=O)N(C)C)cn2nc(-c3ccccc3)nc12. The van der Waals surface area contributed by atoms with Crippen molar-refractivity contribution in [3.63, 3.8) is 0 Å². The number of nitrogens with one attached hydrogen (secondary N) is 1. The maximum absolute atomic E-state index is 12.8. The zero-order chi connectivity index (χ0) is 19.6. The lowest BCUT2D eigenvalue weighted by molar-refractivity contribution is -0.129. The summed E-state index contributed by atoms with van der Waals surface area (Å²) >= 11 is 0. The monoisotopic (exact) mass is 366 g/mol. The summed E-state index contributed by atoms with van der Waals surface area (Å²) in [5, 5.41) is 7.56. The van der Waals surface area contributed by atoms with Crippen LogP contribution < -0.4 is 5.32 Å². The number of benzene rings is 1. The van der Waals surface area contributed by atoms with Crippen LogP contribution in [0.1, 0.15) is 10.4 Å². The lowest BCUT2D eigenvalue weighted by atomic mass is 10.2. The van der Waals surface area contributed by atoms with E-state index < -0.39 is 0 Å². The summed E-state index contributed by atoms with van der Waals surface area (Å²) in [6.45, 7) is 0.00534. The molecule has 0 fully saturated rings. The highest BCUT2D eigenvalue weighted by Crippen LogP contribution is 2.22. The maximum Gasteiger partial charge on any atom is 0.255 e. The van der Waals surface area contributed by atoms with Crippen LogP contribution in [-0.2, 0) is 4.79 Å². The molecule has 0 bridgehead atoms. The van der Waals surface area contributed by atoms with E-state index in [4.69, 9.17) is 0 Å². The van der Waals surface area contributed by atoms with Crippen molar-refractivity contribution in [2.24, 2.45) is 0 Å². The van der Waals surface area contributed by atoms with Gasteiger partial charge in [0.1, 0.15) is 0 Å². The van der Waals surface area contributed by atoms with Gasteiger partial charge in [-0.2, -0.15) is 0 Å². The van der Waals surface area contributed by atoms with Gasteiger partial charge in [0.2, 0.25) is 5.91 Å². The predicted octanol–water partition coefficient (Wildman–Crippen LogP) is 1.60. The Morgan fingerprint density at radius 2 is 1.85 bits per heavy atom. The Morgan fingerprint density at radius 3 is 2.48 bits per heavy atom. The lowest BCUT2D eigenvalue weighted by Crippen LogP contribution is -2.37. The van der Waals surface area contributed by atoms with Gasteiger partial charge in [0, 0.05) is 40.0 Å². The fourth-order valence-corrected chi connectivity index (χ4v) is 2.63. The number of amides is 2. The normalized spacial score (nSPS) is 10.7. The van der Waals surface area contributed by atoms with Crippen molar-refractivity contribution >= 4 is 23.1 Å². The molecule has 2 amide bonds. The molecule has 27 heavy (non-hydrogen) atoms. The minimum Gasteiger partial charge on any atom is -0.385 e. The van der Waals surface area contributed by atoms with E-state index in [0.717, 1.165) is 5.56 Å². The Hall–Kier alpha value is -3.42. The molecule has 0 atom stereocenters. The lowest BCUT2D eigenvalue weighted by Gasteiger charge is -2.19.